The number of carbonyl (C=O) groups is 2. The second kappa shape index (κ2) is 6.37. The molecule has 3 rings (SSSR count). The van der Waals surface area contributed by atoms with Gasteiger partial charge in [-0.15, -0.1) is 0 Å². The van der Waals surface area contributed by atoms with Gasteiger partial charge in [-0.1, -0.05) is 38.5 Å². The largest absolute Gasteiger partial charge is 0.480 e. The van der Waals surface area contributed by atoms with Gasteiger partial charge in [-0.25, -0.2) is 4.79 Å². The zero-order valence-corrected chi connectivity index (χ0v) is 12.7. The van der Waals surface area contributed by atoms with Crippen molar-refractivity contribution in [2.45, 2.75) is 70.3 Å². The maximum Gasteiger partial charge on any atom is 0.326 e. The molecule has 3 saturated carbocycles. The molecule has 4 nitrogen and oxygen atoms in total. The number of hydrogen-bond donors (Lipinski definition) is 2. The fourth-order valence-electron chi connectivity index (χ4n) is 4.31. The molecule has 0 spiro atoms. The van der Waals surface area contributed by atoms with Gasteiger partial charge in [-0.05, 0) is 43.4 Å². The van der Waals surface area contributed by atoms with Gasteiger partial charge >= 0.3 is 5.97 Å². The fraction of sp³-hybridized carbons (Fsp3) is 0.882. The van der Waals surface area contributed by atoms with Crippen LogP contribution in [0.25, 0.3) is 0 Å². The number of carbonyl (C=O) groups excluding carboxylic acids is 1. The maximum atomic E-state index is 12.4. The SMILES string of the molecule is O=C(NC(CC1CC1)C(=O)O)C1CCC2CCCCC2C1. The molecular formula is C17H27NO3. The number of fused-ring (bicyclic) bond motifs is 1. The first-order valence-corrected chi connectivity index (χ1v) is 8.66. The molecule has 21 heavy (non-hydrogen) atoms. The van der Waals surface area contributed by atoms with Crippen LogP contribution >= 0.6 is 0 Å². The maximum absolute atomic E-state index is 12.4. The average molecular weight is 293 g/mol. The van der Waals surface area contributed by atoms with E-state index in [9.17, 15) is 14.7 Å². The van der Waals surface area contributed by atoms with E-state index in [1.54, 1.807) is 0 Å². The molecule has 0 bridgehead atoms. The highest BCUT2D eigenvalue weighted by Gasteiger charge is 2.37. The Morgan fingerprint density at radius 2 is 1.71 bits per heavy atom. The molecule has 0 radical (unpaired) electrons. The fourth-order valence-corrected chi connectivity index (χ4v) is 4.31. The van der Waals surface area contributed by atoms with Crippen molar-refractivity contribution in [3.8, 4) is 0 Å². The molecule has 118 valence electrons. The number of carboxylic acid groups (broad SMARTS) is 1. The van der Waals surface area contributed by atoms with Crippen LogP contribution in [-0.4, -0.2) is 23.0 Å². The molecule has 0 saturated heterocycles. The first-order chi connectivity index (χ1) is 10.1. The predicted molar refractivity (Wildman–Crippen MR) is 79.7 cm³/mol. The molecule has 4 atom stereocenters. The summed E-state index contributed by atoms with van der Waals surface area (Å²) in [4.78, 5) is 23.7. The molecule has 0 aromatic carbocycles. The summed E-state index contributed by atoms with van der Waals surface area (Å²) in [5, 5.41) is 12.1. The van der Waals surface area contributed by atoms with Crippen LogP contribution in [0.2, 0.25) is 0 Å². The minimum atomic E-state index is -0.874. The van der Waals surface area contributed by atoms with Crippen LogP contribution in [0.3, 0.4) is 0 Å². The van der Waals surface area contributed by atoms with Crippen molar-refractivity contribution in [3.05, 3.63) is 0 Å². The highest BCUT2D eigenvalue weighted by Crippen LogP contribution is 2.42. The van der Waals surface area contributed by atoms with Gasteiger partial charge in [0.2, 0.25) is 5.91 Å². The van der Waals surface area contributed by atoms with Crippen molar-refractivity contribution >= 4 is 11.9 Å². The summed E-state index contributed by atoms with van der Waals surface area (Å²) in [5.74, 6) is 1.21. The summed E-state index contributed by atoms with van der Waals surface area (Å²) in [6, 6.07) is -0.672. The highest BCUT2D eigenvalue weighted by atomic mass is 16.4. The number of hydrogen-bond acceptors (Lipinski definition) is 2. The van der Waals surface area contributed by atoms with E-state index >= 15 is 0 Å². The molecular weight excluding hydrogens is 266 g/mol. The lowest BCUT2D eigenvalue weighted by Crippen LogP contribution is -2.45. The van der Waals surface area contributed by atoms with E-state index in [0.29, 0.717) is 18.3 Å². The van der Waals surface area contributed by atoms with Gasteiger partial charge in [-0.2, -0.15) is 0 Å². The highest BCUT2D eigenvalue weighted by molar-refractivity contribution is 5.85. The molecule has 3 fully saturated rings. The lowest BCUT2D eigenvalue weighted by Gasteiger charge is -2.39. The average Bonchev–Trinajstić information content (AvgIpc) is 3.30. The van der Waals surface area contributed by atoms with Crippen LogP contribution in [0.4, 0.5) is 0 Å². The van der Waals surface area contributed by atoms with Crippen LogP contribution in [0.5, 0.6) is 0 Å². The Bertz CT molecular complexity index is 405. The van der Waals surface area contributed by atoms with Crippen LogP contribution < -0.4 is 5.32 Å². The Balaban J connectivity index is 1.53. The zero-order chi connectivity index (χ0) is 14.8. The number of amides is 1. The van der Waals surface area contributed by atoms with E-state index in [2.05, 4.69) is 5.32 Å². The van der Waals surface area contributed by atoms with Crippen molar-refractivity contribution in [1.29, 1.82) is 0 Å². The molecule has 0 aromatic rings. The van der Waals surface area contributed by atoms with Gasteiger partial charge in [0.25, 0.3) is 0 Å². The number of aliphatic carboxylic acids is 1. The second-order valence-corrected chi connectivity index (χ2v) is 7.39. The third-order valence-corrected chi connectivity index (χ3v) is 5.79. The third-order valence-electron chi connectivity index (χ3n) is 5.79. The van der Waals surface area contributed by atoms with Crippen molar-refractivity contribution < 1.29 is 14.7 Å². The molecule has 4 heteroatoms. The van der Waals surface area contributed by atoms with Gasteiger partial charge in [0, 0.05) is 5.92 Å². The van der Waals surface area contributed by atoms with Gasteiger partial charge in [0.1, 0.15) is 6.04 Å². The van der Waals surface area contributed by atoms with Crippen molar-refractivity contribution in [1.82, 2.24) is 5.32 Å². The molecule has 2 N–H and O–H groups in total. The van der Waals surface area contributed by atoms with Crippen molar-refractivity contribution in [2.24, 2.45) is 23.7 Å². The smallest absolute Gasteiger partial charge is 0.326 e. The standard InChI is InChI=1S/C17H27NO3/c19-16(18-15(17(20)21)9-11-5-6-11)14-8-7-12-3-1-2-4-13(12)10-14/h11-15H,1-10H2,(H,18,19)(H,20,21). The summed E-state index contributed by atoms with van der Waals surface area (Å²) < 4.78 is 0. The molecule has 0 aliphatic heterocycles. The lowest BCUT2D eigenvalue weighted by molar-refractivity contribution is -0.143. The van der Waals surface area contributed by atoms with Gasteiger partial charge in [-0.3, -0.25) is 4.79 Å². The van der Waals surface area contributed by atoms with Gasteiger partial charge in [0.05, 0.1) is 0 Å². The number of carboxylic acids is 1. The Morgan fingerprint density at radius 3 is 2.38 bits per heavy atom. The quantitative estimate of drug-likeness (QED) is 0.819. The van der Waals surface area contributed by atoms with E-state index in [0.717, 1.165) is 38.0 Å². The summed E-state index contributed by atoms with van der Waals surface area (Å²) >= 11 is 0. The normalized spacial score (nSPS) is 33.8. The minimum Gasteiger partial charge on any atom is -0.480 e. The molecule has 1 amide bonds. The Morgan fingerprint density at radius 1 is 1.00 bits per heavy atom. The molecule has 3 aliphatic rings. The summed E-state index contributed by atoms with van der Waals surface area (Å²) in [6.07, 6.45) is 11.2. The first-order valence-electron chi connectivity index (χ1n) is 8.66. The summed E-state index contributed by atoms with van der Waals surface area (Å²) in [6.45, 7) is 0. The monoisotopic (exact) mass is 293 g/mol. The van der Waals surface area contributed by atoms with E-state index in [1.807, 2.05) is 0 Å². The second-order valence-electron chi connectivity index (χ2n) is 7.39. The molecule has 4 unspecified atom stereocenters. The minimum absolute atomic E-state index is 0.00734. The van der Waals surface area contributed by atoms with Crippen molar-refractivity contribution in [3.63, 3.8) is 0 Å². The van der Waals surface area contributed by atoms with Crippen LogP contribution in [0, 0.1) is 23.7 Å². The van der Waals surface area contributed by atoms with Crippen LogP contribution in [-0.2, 0) is 9.59 Å². The van der Waals surface area contributed by atoms with Crippen LogP contribution in [0.15, 0.2) is 0 Å². The number of rotatable bonds is 5. The molecule has 3 aliphatic carbocycles. The Kier molecular flexibility index (Phi) is 4.51. The van der Waals surface area contributed by atoms with E-state index in [1.165, 1.54) is 25.7 Å². The molecule has 0 aromatic heterocycles. The third kappa shape index (κ3) is 3.78. The lowest BCUT2D eigenvalue weighted by atomic mass is 9.67. The van der Waals surface area contributed by atoms with Gasteiger partial charge < -0.3 is 10.4 Å². The topological polar surface area (TPSA) is 66.4 Å². The van der Waals surface area contributed by atoms with E-state index in [4.69, 9.17) is 0 Å². The summed E-state index contributed by atoms with van der Waals surface area (Å²) in [7, 11) is 0. The predicted octanol–water partition coefficient (Wildman–Crippen LogP) is 2.96. The first kappa shape index (κ1) is 14.9. The Labute approximate surface area is 126 Å². The summed E-state index contributed by atoms with van der Waals surface area (Å²) in [5.41, 5.74) is 0. The molecule has 0 heterocycles. The zero-order valence-electron chi connectivity index (χ0n) is 12.7. The van der Waals surface area contributed by atoms with Crippen LogP contribution in [0.1, 0.15) is 64.2 Å². The van der Waals surface area contributed by atoms with E-state index < -0.39 is 12.0 Å². The van der Waals surface area contributed by atoms with Gasteiger partial charge in [0.15, 0.2) is 0 Å². The van der Waals surface area contributed by atoms with E-state index in [-0.39, 0.29) is 11.8 Å². The number of nitrogens with one attached hydrogen (secondary N) is 1. The van der Waals surface area contributed by atoms with Crippen molar-refractivity contribution in [2.75, 3.05) is 0 Å². The Hall–Kier alpha value is -1.06.